The van der Waals surface area contributed by atoms with Gasteiger partial charge >= 0.3 is 0 Å². The van der Waals surface area contributed by atoms with E-state index in [4.69, 9.17) is 14.2 Å². The second kappa shape index (κ2) is 11.8. The summed E-state index contributed by atoms with van der Waals surface area (Å²) >= 11 is 0. The first kappa shape index (κ1) is 27.3. The molecule has 5 aromatic rings. The maximum atomic E-state index is 15.3. The van der Waals surface area contributed by atoms with Crippen molar-refractivity contribution in [2.45, 2.75) is 13.8 Å². The lowest BCUT2D eigenvalue weighted by atomic mass is 9.94. The standard InChI is InChI=1S/C32H27FN4O4/c1-5-22(20-9-7-6-8-10-20)30(38)29-19(2)13-14-34-31(29)37-21-11-12-26(24(33)15-21)41-32-23-16-27(39-3)28(40-4)17-25(23)35-18-36-32/h5-18H,1-4H3,(H,34,37). The molecule has 9 heteroatoms. The molecule has 0 saturated carbocycles. The zero-order valence-corrected chi connectivity index (χ0v) is 22.9. The first-order chi connectivity index (χ1) is 19.9. The van der Waals surface area contributed by atoms with E-state index >= 15 is 4.39 Å². The number of halogens is 1. The molecule has 2 heterocycles. The number of benzene rings is 3. The number of hydrogen-bond acceptors (Lipinski definition) is 8. The molecule has 0 aliphatic carbocycles. The molecular weight excluding hydrogens is 523 g/mol. The van der Waals surface area contributed by atoms with Crippen LogP contribution in [0.25, 0.3) is 16.5 Å². The molecule has 0 radical (unpaired) electrons. The minimum absolute atomic E-state index is 0.0425. The summed E-state index contributed by atoms with van der Waals surface area (Å²) in [5.41, 5.74) is 3.43. The highest BCUT2D eigenvalue weighted by Gasteiger charge is 2.21. The van der Waals surface area contributed by atoms with Gasteiger partial charge in [0.05, 0.1) is 30.7 Å². The van der Waals surface area contributed by atoms with Crippen LogP contribution in [-0.4, -0.2) is 35.0 Å². The summed E-state index contributed by atoms with van der Waals surface area (Å²) in [6.45, 7) is 3.66. The van der Waals surface area contributed by atoms with Crippen LogP contribution < -0.4 is 19.5 Å². The van der Waals surface area contributed by atoms with E-state index in [2.05, 4.69) is 20.3 Å². The second-order valence-electron chi connectivity index (χ2n) is 9.02. The zero-order chi connectivity index (χ0) is 28.9. The van der Waals surface area contributed by atoms with Gasteiger partial charge in [-0.3, -0.25) is 4.79 Å². The normalized spacial score (nSPS) is 11.3. The fourth-order valence-electron chi connectivity index (χ4n) is 4.46. The number of hydrogen-bond donors (Lipinski definition) is 1. The Labute approximate surface area is 236 Å². The summed E-state index contributed by atoms with van der Waals surface area (Å²) in [6.07, 6.45) is 4.71. The van der Waals surface area contributed by atoms with E-state index in [0.29, 0.717) is 45.0 Å². The number of fused-ring (bicyclic) bond motifs is 1. The van der Waals surface area contributed by atoms with Crippen LogP contribution in [0.4, 0.5) is 15.9 Å². The predicted octanol–water partition coefficient (Wildman–Crippen LogP) is 7.31. The summed E-state index contributed by atoms with van der Waals surface area (Å²) in [4.78, 5) is 26.5. The van der Waals surface area contributed by atoms with Gasteiger partial charge in [-0.15, -0.1) is 0 Å². The fraction of sp³-hybridized carbons (Fsp3) is 0.125. The van der Waals surface area contributed by atoms with E-state index in [1.165, 1.54) is 32.7 Å². The third-order valence-corrected chi connectivity index (χ3v) is 6.51. The second-order valence-corrected chi connectivity index (χ2v) is 9.02. The SMILES string of the molecule is CC=C(C(=O)c1c(C)ccnc1Nc1ccc(Oc2ncnc3cc(OC)c(OC)cc23)c(F)c1)c1ccccc1. The number of aryl methyl sites for hydroxylation is 1. The van der Waals surface area contributed by atoms with Gasteiger partial charge < -0.3 is 19.5 Å². The Morgan fingerprint density at radius 3 is 2.37 bits per heavy atom. The highest BCUT2D eigenvalue weighted by molar-refractivity contribution is 6.30. The van der Waals surface area contributed by atoms with Crippen molar-refractivity contribution in [1.82, 2.24) is 15.0 Å². The molecular formula is C32H27FN4O4. The summed E-state index contributed by atoms with van der Waals surface area (Å²) in [6, 6.07) is 18.9. The Kier molecular flexibility index (Phi) is 7.87. The van der Waals surface area contributed by atoms with Crippen molar-refractivity contribution >= 4 is 33.8 Å². The van der Waals surface area contributed by atoms with Gasteiger partial charge in [0.25, 0.3) is 0 Å². The van der Waals surface area contributed by atoms with Gasteiger partial charge in [-0.05, 0) is 49.2 Å². The molecule has 0 bridgehead atoms. The Hall–Kier alpha value is -5.31. The van der Waals surface area contributed by atoms with Crippen LogP contribution in [0.3, 0.4) is 0 Å². The predicted molar refractivity (Wildman–Crippen MR) is 156 cm³/mol. The van der Waals surface area contributed by atoms with Gasteiger partial charge in [0.1, 0.15) is 12.1 Å². The number of rotatable bonds is 9. The third-order valence-electron chi connectivity index (χ3n) is 6.51. The van der Waals surface area contributed by atoms with Crippen LogP contribution in [0.1, 0.15) is 28.4 Å². The minimum Gasteiger partial charge on any atom is -0.493 e. The Balaban J connectivity index is 1.44. The molecule has 0 aliphatic heterocycles. The minimum atomic E-state index is -0.638. The van der Waals surface area contributed by atoms with Gasteiger partial charge in [-0.25, -0.2) is 19.3 Å². The quantitative estimate of drug-likeness (QED) is 0.151. The van der Waals surface area contributed by atoms with E-state index in [9.17, 15) is 4.79 Å². The fourth-order valence-corrected chi connectivity index (χ4v) is 4.46. The Bertz CT molecular complexity index is 1770. The number of ether oxygens (including phenoxy) is 3. The number of carbonyl (C=O) groups is 1. The van der Waals surface area contributed by atoms with Gasteiger partial charge in [0, 0.05) is 29.6 Å². The molecule has 0 unspecified atom stereocenters. The van der Waals surface area contributed by atoms with E-state index in [1.807, 2.05) is 44.2 Å². The van der Waals surface area contributed by atoms with Gasteiger partial charge in [-0.2, -0.15) is 0 Å². The molecule has 8 nitrogen and oxygen atoms in total. The number of nitrogens with one attached hydrogen (secondary N) is 1. The van der Waals surface area contributed by atoms with Crippen molar-refractivity contribution in [3.8, 4) is 23.1 Å². The van der Waals surface area contributed by atoms with Crippen LogP contribution in [0.5, 0.6) is 23.1 Å². The van der Waals surface area contributed by atoms with Crippen molar-refractivity contribution in [2.75, 3.05) is 19.5 Å². The van der Waals surface area contributed by atoms with Crippen molar-refractivity contribution in [2.24, 2.45) is 0 Å². The molecule has 5 rings (SSSR count). The van der Waals surface area contributed by atoms with Crippen LogP contribution in [0.2, 0.25) is 0 Å². The largest absolute Gasteiger partial charge is 0.493 e. The number of Topliss-reactive ketones (excluding diaryl/α,β-unsaturated/α-hetero) is 1. The average molecular weight is 551 g/mol. The molecule has 0 spiro atoms. The van der Waals surface area contributed by atoms with Gasteiger partial charge in [0.15, 0.2) is 28.8 Å². The highest BCUT2D eigenvalue weighted by atomic mass is 19.1. The summed E-state index contributed by atoms with van der Waals surface area (Å²) in [7, 11) is 3.05. The zero-order valence-electron chi connectivity index (χ0n) is 22.9. The maximum absolute atomic E-state index is 15.3. The van der Waals surface area contributed by atoms with E-state index in [1.54, 1.807) is 36.5 Å². The number of nitrogens with zero attached hydrogens (tertiary/aromatic N) is 3. The van der Waals surface area contributed by atoms with Crippen LogP contribution >= 0.6 is 0 Å². The molecule has 2 aromatic heterocycles. The first-order valence-corrected chi connectivity index (χ1v) is 12.8. The van der Waals surface area contributed by atoms with Crippen molar-refractivity contribution in [3.63, 3.8) is 0 Å². The molecule has 0 saturated heterocycles. The van der Waals surface area contributed by atoms with Gasteiger partial charge in [-0.1, -0.05) is 36.4 Å². The van der Waals surface area contributed by atoms with Crippen LogP contribution in [-0.2, 0) is 0 Å². The molecule has 41 heavy (non-hydrogen) atoms. The Morgan fingerprint density at radius 1 is 0.902 bits per heavy atom. The van der Waals surface area contributed by atoms with Crippen molar-refractivity contribution in [1.29, 1.82) is 0 Å². The Morgan fingerprint density at radius 2 is 1.66 bits per heavy atom. The number of pyridine rings is 1. The lowest BCUT2D eigenvalue weighted by Gasteiger charge is -2.15. The van der Waals surface area contributed by atoms with Crippen LogP contribution in [0.15, 0.2) is 85.3 Å². The van der Waals surface area contributed by atoms with Crippen LogP contribution in [0, 0.1) is 12.7 Å². The highest BCUT2D eigenvalue weighted by Crippen LogP contribution is 2.37. The number of carbonyl (C=O) groups excluding carboxylic acids is 1. The number of ketones is 1. The summed E-state index contributed by atoms with van der Waals surface area (Å²) in [5, 5.41) is 3.63. The monoisotopic (exact) mass is 550 g/mol. The number of anilines is 2. The molecule has 1 N–H and O–H groups in total. The van der Waals surface area contributed by atoms with Crippen molar-refractivity contribution < 1.29 is 23.4 Å². The topological polar surface area (TPSA) is 95.5 Å². The van der Waals surface area contributed by atoms with Gasteiger partial charge in [0.2, 0.25) is 5.88 Å². The third kappa shape index (κ3) is 5.56. The average Bonchev–Trinajstić information content (AvgIpc) is 2.99. The molecule has 0 amide bonds. The first-order valence-electron chi connectivity index (χ1n) is 12.8. The smallest absolute Gasteiger partial charge is 0.230 e. The summed E-state index contributed by atoms with van der Waals surface area (Å²) in [5.74, 6) is 0.572. The summed E-state index contributed by atoms with van der Waals surface area (Å²) < 4.78 is 31.9. The number of allylic oxidation sites excluding steroid dienone is 2. The number of aromatic nitrogens is 3. The van der Waals surface area contributed by atoms with Crippen molar-refractivity contribution in [3.05, 3.63) is 108 Å². The van der Waals surface area contributed by atoms with E-state index in [0.717, 1.165) is 11.1 Å². The lowest BCUT2D eigenvalue weighted by molar-refractivity contribution is 0.105. The van der Waals surface area contributed by atoms with E-state index < -0.39 is 5.82 Å². The molecule has 0 atom stereocenters. The molecule has 206 valence electrons. The number of methoxy groups -OCH3 is 2. The molecule has 0 aliphatic rings. The maximum Gasteiger partial charge on any atom is 0.230 e. The lowest BCUT2D eigenvalue weighted by Crippen LogP contribution is -2.10. The molecule has 3 aromatic carbocycles. The van der Waals surface area contributed by atoms with E-state index in [-0.39, 0.29) is 17.4 Å². The molecule has 0 fully saturated rings.